The number of nitrogens with one attached hydrogen (secondary N) is 2. The van der Waals surface area contributed by atoms with Crippen molar-refractivity contribution in [3.05, 3.63) is 35.4 Å². The van der Waals surface area contributed by atoms with Crippen LogP contribution in [0.2, 0.25) is 0 Å². The molecule has 1 aromatic carbocycles. The van der Waals surface area contributed by atoms with Gasteiger partial charge in [0.05, 0.1) is 6.54 Å². The molecule has 2 aliphatic rings. The Kier molecular flexibility index (Phi) is 7.23. The van der Waals surface area contributed by atoms with Crippen molar-refractivity contribution in [3.8, 4) is 0 Å². The first-order valence-electron chi connectivity index (χ1n) is 9.73. The molecule has 3 rings (SSSR count). The molecular formula is C20H30N4OS. The first kappa shape index (κ1) is 19.1. The maximum absolute atomic E-state index is 11.8. The number of hydrogen-bond acceptors (Lipinski definition) is 3. The van der Waals surface area contributed by atoms with E-state index in [0.29, 0.717) is 25.6 Å². The highest BCUT2D eigenvalue weighted by Crippen LogP contribution is 2.17. The largest absolute Gasteiger partial charge is 0.357 e. The predicted octanol–water partition coefficient (Wildman–Crippen LogP) is 2.76. The summed E-state index contributed by atoms with van der Waals surface area (Å²) in [5.41, 5.74) is 2.37. The Morgan fingerprint density at radius 2 is 2.23 bits per heavy atom. The average molecular weight is 375 g/mol. The second kappa shape index (κ2) is 9.86. The van der Waals surface area contributed by atoms with Crippen LogP contribution in [0.25, 0.3) is 0 Å². The fourth-order valence-electron chi connectivity index (χ4n) is 3.46. The average Bonchev–Trinajstić information content (AvgIpc) is 3.06. The molecule has 1 unspecified atom stereocenters. The van der Waals surface area contributed by atoms with Crippen molar-refractivity contribution in [2.24, 2.45) is 4.99 Å². The second-order valence-electron chi connectivity index (χ2n) is 6.99. The zero-order chi connectivity index (χ0) is 18.2. The minimum atomic E-state index is 0.275. The Morgan fingerprint density at radius 3 is 2.96 bits per heavy atom. The number of aliphatic imine (C=N–C) groups is 1. The van der Waals surface area contributed by atoms with Crippen molar-refractivity contribution >= 4 is 23.6 Å². The van der Waals surface area contributed by atoms with Crippen LogP contribution in [-0.4, -0.2) is 47.4 Å². The van der Waals surface area contributed by atoms with Crippen molar-refractivity contribution in [2.75, 3.05) is 24.6 Å². The van der Waals surface area contributed by atoms with Gasteiger partial charge in [0.15, 0.2) is 5.96 Å². The Hall–Kier alpha value is -1.69. The molecule has 2 N–H and O–H groups in total. The van der Waals surface area contributed by atoms with Crippen LogP contribution in [0.4, 0.5) is 0 Å². The maximum Gasteiger partial charge on any atom is 0.222 e. The molecule has 0 spiro atoms. The summed E-state index contributed by atoms with van der Waals surface area (Å²) < 4.78 is 0. The van der Waals surface area contributed by atoms with Gasteiger partial charge in [0.25, 0.3) is 0 Å². The number of thioether (sulfide) groups is 1. The van der Waals surface area contributed by atoms with Gasteiger partial charge < -0.3 is 15.5 Å². The van der Waals surface area contributed by atoms with Gasteiger partial charge in [-0.05, 0) is 43.1 Å². The van der Waals surface area contributed by atoms with Crippen molar-refractivity contribution in [2.45, 2.75) is 51.7 Å². The summed E-state index contributed by atoms with van der Waals surface area (Å²) in [5.74, 6) is 3.61. The number of guanidine groups is 1. The summed E-state index contributed by atoms with van der Waals surface area (Å²) >= 11 is 2.02. The third-order valence-electron chi connectivity index (χ3n) is 4.80. The first-order chi connectivity index (χ1) is 12.7. The molecule has 0 aliphatic carbocycles. The van der Waals surface area contributed by atoms with E-state index in [-0.39, 0.29) is 5.91 Å². The maximum atomic E-state index is 11.8. The predicted molar refractivity (Wildman–Crippen MR) is 109 cm³/mol. The third kappa shape index (κ3) is 5.66. The van der Waals surface area contributed by atoms with E-state index in [1.165, 1.54) is 29.7 Å². The van der Waals surface area contributed by atoms with Crippen LogP contribution in [0.3, 0.4) is 0 Å². The number of benzene rings is 1. The lowest BCUT2D eigenvalue weighted by Gasteiger charge is -2.24. The molecule has 26 heavy (non-hydrogen) atoms. The van der Waals surface area contributed by atoms with E-state index < -0.39 is 0 Å². The molecule has 0 bridgehead atoms. The first-order valence-corrected chi connectivity index (χ1v) is 10.9. The summed E-state index contributed by atoms with van der Waals surface area (Å²) in [6.45, 7) is 5.21. The van der Waals surface area contributed by atoms with Crippen LogP contribution in [0, 0.1) is 0 Å². The van der Waals surface area contributed by atoms with E-state index in [2.05, 4.69) is 41.8 Å². The molecule has 0 saturated carbocycles. The van der Waals surface area contributed by atoms with Gasteiger partial charge in [-0.25, -0.2) is 4.99 Å². The van der Waals surface area contributed by atoms with Gasteiger partial charge in [0, 0.05) is 37.8 Å². The Labute approximate surface area is 161 Å². The van der Waals surface area contributed by atoms with Gasteiger partial charge in [-0.3, -0.25) is 4.79 Å². The van der Waals surface area contributed by atoms with E-state index in [1.54, 1.807) is 0 Å². The van der Waals surface area contributed by atoms with Gasteiger partial charge in [0.1, 0.15) is 0 Å². The van der Waals surface area contributed by atoms with Gasteiger partial charge in [-0.15, -0.1) is 0 Å². The number of carbonyl (C=O) groups excluding carboxylic acids is 1. The monoisotopic (exact) mass is 374 g/mol. The molecular weight excluding hydrogens is 344 g/mol. The fraction of sp³-hybridized carbons (Fsp3) is 0.600. The van der Waals surface area contributed by atoms with E-state index in [0.717, 1.165) is 31.2 Å². The van der Waals surface area contributed by atoms with Gasteiger partial charge >= 0.3 is 0 Å². The molecule has 0 radical (unpaired) electrons. The number of nitrogens with zero attached hydrogens (tertiary/aromatic N) is 2. The van der Waals surface area contributed by atoms with Crippen LogP contribution in [-0.2, 0) is 17.9 Å². The highest BCUT2D eigenvalue weighted by atomic mass is 32.2. The molecule has 1 amide bonds. The number of amides is 1. The molecule has 0 aromatic heterocycles. The third-order valence-corrected chi connectivity index (χ3v) is 6.02. The van der Waals surface area contributed by atoms with Crippen molar-refractivity contribution in [1.29, 1.82) is 0 Å². The molecule has 1 atom stereocenters. The molecule has 142 valence electrons. The zero-order valence-corrected chi connectivity index (χ0v) is 16.5. The van der Waals surface area contributed by atoms with E-state index in [4.69, 9.17) is 4.99 Å². The summed E-state index contributed by atoms with van der Waals surface area (Å²) in [5, 5.41) is 6.93. The number of hydrogen-bond donors (Lipinski definition) is 2. The molecule has 2 aliphatic heterocycles. The highest BCUT2D eigenvalue weighted by Gasteiger charge is 2.20. The van der Waals surface area contributed by atoms with E-state index >= 15 is 0 Å². The fourth-order valence-corrected chi connectivity index (χ4v) is 4.53. The summed E-state index contributed by atoms with van der Waals surface area (Å²) in [6, 6.07) is 8.97. The molecule has 6 heteroatoms. The van der Waals surface area contributed by atoms with Crippen LogP contribution in [0.1, 0.15) is 43.7 Å². The van der Waals surface area contributed by atoms with E-state index in [1.807, 2.05) is 16.7 Å². The number of rotatable bonds is 6. The van der Waals surface area contributed by atoms with Crippen LogP contribution in [0.15, 0.2) is 29.3 Å². The number of likely N-dealkylation sites (tertiary alicyclic amines) is 1. The minimum Gasteiger partial charge on any atom is -0.357 e. The summed E-state index contributed by atoms with van der Waals surface area (Å²) in [7, 11) is 0. The SMILES string of the molecule is CCNC(=NCc1cccc(CN2CCCC2=O)c1)NC1CCCSC1. The molecule has 2 fully saturated rings. The Morgan fingerprint density at radius 1 is 1.35 bits per heavy atom. The smallest absolute Gasteiger partial charge is 0.222 e. The Balaban J connectivity index is 1.59. The number of carbonyl (C=O) groups is 1. The summed E-state index contributed by atoms with van der Waals surface area (Å²) in [4.78, 5) is 18.5. The molecule has 5 nitrogen and oxygen atoms in total. The van der Waals surface area contributed by atoms with E-state index in [9.17, 15) is 4.79 Å². The topological polar surface area (TPSA) is 56.7 Å². The lowest BCUT2D eigenvalue weighted by molar-refractivity contribution is -0.128. The quantitative estimate of drug-likeness (QED) is 0.594. The normalized spacial score (nSPS) is 21.1. The van der Waals surface area contributed by atoms with Gasteiger partial charge in [-0.1, -0.05) is 24.3 Å². The minimum absolute atomic E-state index is 0.275. The second-order valence-corrected chi connectivity index (χ2v) is 8.14. The Bertz CT molecular complexity index is 628. The van der Waals surface area contributed by atoms with Crippen LogP contribution < -0.4 is 10.6 Å². The lowest BCUT2D eigenvalue weighted by Crippen LogP contribution is -2.45. The van der Waals surface area contributed by atoms with Crippen LogP contribution >= 0.6 is 11.8 Å². The lowest BCUT2D eigenvalue weighted by atomic mass is 10.1. The van der Waals surface area contributed by atoms with Crippen molar-refractivity contribution in [3.63, 3.8) is 0 Å². The molecule has 2 saturated heterocycles. The summed E-state index contributed by atoms with van der Waals surface area (Å²) in [6.07, 6.45) is 4.18. The van der Waals surface area contributed by atoms with Crippen LogP contribution in [0.5, 0.6) is 0 Å². The molecule has 1 aromatic rings. The highest BCUT2D eigenvalue weighted by molar-refractivity contribution is 7.99. The van der Waals surface area contributed by atoms with Gasteiger partial charge in [0.2, 0.25) is 5.91 Å². The van der Waals surface area contributed by atoms with Crippen molar-refractivity contribution in [1.82, 2.24) is 15.5 Å². The van der Waals surface area contributed by atoms with Gasteiger partial charge in [-0.2, -0.15) is 11.8 Å². The molecule has 2 heterocycles. The standard InChI is InChI=1S/C20H30N4OS/c1-2-21-20(23-18-8-5-11-26-15-18)22-13-16-6-3-7-17(12-16)14-24-10-4-9-19(24)25/h3,6-7,12,18H,2,4-5,8-11,13-15H2,1H3,(H2,21,22,23). The van der Waals surface area contributed by atoms with Crippen molar-refractivity contribution < 1.29 is 4.79 Å². The zero-order valence-electron chi connectivity index (χ0n) is 15.7.